The quantitative estimate of drug-likeness (QED) is 0.637. The first-order chi connectivity index (χ1) is 8.60. The van der Waals surface area contributed by atoms with E-state index in [2.05, 4.69) is 22.7 Å². The van der Waals surface area contributed by atoms with Crippen molar-refractivity contribution in [3.8, 4) is 0 Å². The number of methoxy groups -OCH3 is 1. The maximum absolute atomic E-state index is 11.5. The van der Waals surface area contributed by atoms with E-state index in [0.717, 1.165) is 10.5 Å². The van der Waals surface area contributed by atoms with Gasteiger partial charge in [-0.25, -0.2) is 9.59 Å². The fourth-order valence-corrected chi connectivity index (χ4v) is 1.98. The minimum absolute atomic E-state index is 0.407. The largest absolute Gasteiger partial charge is 0.466 e. The number of hydrogen-bond acceptors (Lipinski definition) is 5. The predicted molar refractivity (Wildman–Crippen MR) is 66.6 cm³/mol. The molecule has 1 N–H and O–H groups in total. The number of hydrogen-bond donors (Lipinski definition) is 2. The molecule has 6 heteroatoms. The maximum Gasteiger partial charge on any atom is 0.408 e. The smallest absolute Gasteiger partial charge is 0.408 e. The molecule has 1 aromatic rings. The van der Waals surface area contributed by atoms with E-state index in [1.54, 1.807) is 0 Å². The molecular weight excluding hydrogens is 254 g/mol. The van der Waals surface area contributed by atoms with Crippen molar-refractivity contribution in [1.29, 1.82) is 0 Å². The Labute approximate surface area is 110 Å². The molecule has 1 aliphatic rings. The van der Waals surface area contributed by atoms with Crippen LogP contribution in [0.5, 0.6) is 0 Å². The van der Waals surface area contributed by atoms with Crippen LogP contribution >= 0.6 is 12.6 Å². The lowest BCUT2D eigenvalue weighted by molar-refractivity contribution is -0.149. The first-order valence-electron chi connectivity index (χ1n) is 5.43. The number of benzene rings is 1. The van der Waals surface area contributed by atoms with Crippen LogP contribution in [0.1, 0.15) is 5.56 Å². The third kappa shape index (κ3) is 2.76. The Hall–Kier alpha value is -1.69. The second-order valence-corrected chi connectivity index (χ2v) is 4.49. The molecule has 18 heavy (non-hydrogen) atoms. The molecule has 1 aliphatic heterocycles. The standard InChI is InChI=1S/C12H13NO4S/c1-16-11(14)10-9(13-12(15)17-10)6-7-2-4-8(18)5-3-7/h2-5,9-10,18H,6H2,1H3,(H,13,15)/t9-,10-/m0/s1. The Morgan fingerprint density at radius 2 is 2.11 bits per heavy atom. The second kappa shape index (κ2) is 5.30. The summed E-state index contributed by atoms with van der Waals surface area (Å²) in [6, 6.07) is 7.07. The highest BCUT2D eigenvalue weighted by Crippen LogP contribution is 2.16. The molecule has 0 spiro atoms. The molecule has 0 bridgehead atoms. The van der Waals surface area contributed by atoms with Crippen molar-refractivity contribution in [2.45, 2.75) is 23.5 Å². The van der Waals surface area contributed by atoms with Gasteiger partial charge in [0.2, 0.25) is 6.10 Å². The van der Waals surface area contributed by atoms with Crippen molar-refractivity contribution in [2.24, 2.45) is 0 Å². The van der Waals surface area contributed by atoms with Gasteiger partial charge in [0.05, 0.1) is 13.2 Å². The second-order valence-electron chi connectivity index (χ2n) is 3.97. The predicted octanol–water partition coefficient (Wildman–Crippen LogP) is 1.17. The van der Waals surface area contributed by atoms with Crippen LogP contribution in [-0.2, 0) is 20.7 Å². The topological polar surface area (TPSA) is 64.6 Å². The molecule has 0 aliphatic carbocycles. The third-order valence-corrected chi connectivity index (χ3v) is 3.03. The summed E-state index contributed by atoms with van der Waals surface area (Å²) in [5.41, 5.74) is 0.984. The molecule has 0 unspecified atom stereocenters. The number of rotatable bonds is 3. The first kappa shape index (κ1) is 12.8. The molecule has 1 fully saturated rings. The fourth-order valence-electron chi connectivity index (χ4n) is 1.83. The van der Waals surface area contributed by atoms with Crippen LogP contribution in [0, 0.1) is 0 Å². The van der Waals surface area contributed by atoms with Gasteiger partial charge >= 0.3 is 12.1 Å². The Bertz CT molecular complexity index is 460. The molecule has 1 amide bonds. The van der Waals surface area contributed by atoms with Crippen LogP contribution in [0.25, 0.3) is 0 Å². The number of amides is 1. The summed E-state index contributed by atoms with van der Waals surface area (Å²) in [7, 11) is 1.27. The van der Waals surface area contributed by atoms with Gasteiger partial charge in [0, 0.05) is 4.90 Å². The summed E-state index contributed by atoms with van der Waals surface area (Å²) in [5, 5.41) is 2.60. The zero-order valence-corrected chi connectivity index (χ0v) is 10.6. The van der Waals surface area contributed by atoms with Crippen molar-refractivity contribution in [3.05, 3.63) is 29.8 Å². The molecule has 0 aromatic heterocycles. The van der Waals surface area contributed by atoms with Crippen molar-refractivity contribution in [1.82, 2.24) is 5.32 Å². The van der Waals surface area contributed by atoms with E-state index in [4.69, 9.17) is 4.74 Å². The summed E-state index contributed by atoms with van der Waals surface area (Å²) >= 11 is 4.19. The van der Waals surface area contributed by atoms with Gasteiger partial charge in [-0.05, 0) is 24.1 Å². The number of carbonyl (C=O) groups is 2. The molecule has 2 rings (SSSR count). The van der Waals surface area contributed by atoms with Gasteiger partial charge in [-0.3, -0.25) is 0 Å². The normalized spacial score (nSPS) is 22.2. The highest BCUT2D eigenvalue weighted by atomic mass is 32.1. The molecule has 2 atom stereocenters. The van der Waals surface area contributed by atoms with Crippen molar-refractivity contribution in [2.75, 3.05) is 7.11 Å². The Balaban J connectivity index is 2.09. The van der Waals surface area contributed by atoms with Crippen LogP contribution in [0.4, 0.5) is 4.79 Å². The Kier molecular flexibility index (Phi) is 3.76. The van der Waals surface area contributed by atoms with Crippen LogP contribution in [0.3, 0.4) is 0 Å². The number of thiol groups is 1. The van der Waals surface area contributed by atoms with E-state index in [-0.39, 0.29) is 0 Å². The van der Waals surface area contributed by atoms with Crippen molar-refractivity contribution in [3.63, 3.8) is 0 Å². The van der Waals surface area contributed by atoms with Gasteiger partial charge in [-0.2, -0.15) is 0 Å². The van der Waals surface area contributed by atoms with Gasteiger partial charge in [0.15, 0.2) is 0 Å². The number of cyclic esters (lactones) is 1. The molecule has 0 saturated carbocycles. The molecule has 1 aromatic carbocycles. The van der Waals surface area contributed by atoms with E-state index >= 15 is 0 Å². The molecular formula is C12H13NO4S. The lowest BCUT2D eigenvalue weighted by atomic mass is 10.0. The number of carbonyl (C=O) groups excluding carboxylic acids is 2. The minimum atomic E-state index is -0.891. The lowest BCUT2D eigenvalue weighted by Gasteiger charge is -2.14. The average molecular weight is 267 g/mol. The van der Waals surface area contributed by atoms with Gasteiger partial charge in [0.25, 0.3) is 0 Å². The first-order valence-corrected chi connectivity index (χ1v) is 5.88. The number of alkyl carbamates (subject to hydrolysis) is 1. The summed E-state index contributed by atoms with van der Waals surface area (Å²) in [5.74, 6) is -0.552. The van der Waals surface area contributed by atoms with Crippen molar-refractivity contribution >= 4 is 24.7 Å². The Morgan fingerprint density at radius 3 is 2.72 bits per heavy atom. The van der Waals surface area contributed by atoms with Gasteiger partial charge in [0.1, 0.15) is 0 Å². The van der Waals surface area contributed by atoms with Crippen LogP contribution in [0.15, 0.2) is 29.2 Å². The summed E-state index contributed by atoms with van der Waals surface area (Å²) in [6.07, 6.45) is -0.987. The molecule has 5 nitrogen and oxygen atoms in total. The number of nitrogens with one attached hydrogen (secondary N) is 1. The molecule has 96 valence electrons. The van der Waals surface area contributed by atoms with Crippen LogP contribution < -0.4 is 5.32 Å². The molecule has 1 heterocycles. The number of ether oxygens (including phenoxy) is 2. The summed E-state index contributed by atoms with van der Waals surface area (Å²) in [6.45, 7) is 0. The zero-order valence-electron chi connectivity index (χ0n) is 9.75. The fraction of sp³-hybridized carbons (Fsp3) is 0.333. The van der Waals surface area contributed by atoms with E-state index in [1.807, 2.05) is 24.3 Å². The van der Waals surface area contributed by atoms with Gasteiger partial charge in [-0.1, -0.05) is 12.1 Å². The number of esters is 1. The third-order valence-electron chi connectivity index (χ3n) is 2.73. The maximum atomic E-state index is 11.5. The average Bonchev–Trinajstić information content (AvgIpc) is 2.72. The van der Waals surface area contributed by atoms with E-state index < -0.39 is 24.2 Å². The monoisotopic (exact) mass is 267 g/mol. The SMILES string of the molecule is COC(=O)[C@H]1OC(=O)N[C@H]1Cc1ccc(S)cc1. The van der Waals surface area contributed by atoms with Gasteiger partial charge < -0.3 is 14.8 Å². The van der Waals surface area contributed by atoms with Gasteiger partial charge in [-0.15, -0.1) is 12.6 Å². The Morgan fingerprint density at radius 1 is 1.44 bits per heavy atom. The highest BCUT2D eigenvalue weighted by molar-refractivity contribution is 7.80. The van der Waals surface area contributed by atoms with E-state index in [1.165, 1.54) is 7.11 Å². The highest BCUT2D eigenvalue weighted by Gasteiger charge is 2.40. The molecule has 1 saturated heterocycles. The summed E-state index contributed by atoms with van der Waals surface area (Å²) in [4.78, 5) is 23.5. The zero-order chi connectivity index (χ0) is 13.1. The van der Waals surface area contributed by atoms with Crippen molar-refractivity contribution < 1.29 is 19.1 Å². The van der Waals surface area contributed by atoms with E-state index in [0.29, 0.717) is 6.42 Å². The van der Waals surface area contributed by atoms with E-state index in [9.17, 15) is 9.59 Å². The lowest BCUT2D eigenvalue weighted by Crippen LogP contribution is -2.38. The summed E-state index contributed by atoms with van der Waals surface area (Å²) < 4.78 is 9.48. The van der Waals surface area contributed by atoms with Crippen LogP contribution in [-0.4, -0.2) is 31.3 Å². The minimum Gasteiger partial charge on any atom is -0.466 e. The molecule has 0 radical (unpaired) electrons. The van der Waals surface area contributed by atoms with Crippen LogP contribution in [0.2, 0.25) is 0 Å².